The molecule has 2 rings (SSSR count). The molecule has 1 aromatic rings. The van der Waals surface area contributed by atoms with E-state index in [1.165, 1.54) is 12.5 Å². The molecule has 0 saturated carbocycles. The first-order valence-corrected chi connectivity index (χ1v) is 3.69. The normalized spacial score (nSPS) is 21.1. The molecule has 0 bridgehead atoms. The molecule has 1 unspecified atom stereocenters. The van der Waals surface area contributed by atoms with Gasteiger partial charge in [0.1, 0.15) is 6.26 Å². The van der Waals surface area contributed by atoms with Gasteiger partial charge in [0, 0.05) is 5.56 Å². The molecule has 62 valence electrons. The molecule has 0 aliphatic carbocycles. The van der Waals surface area contributed by atoms with E-state index in [1.807, 2.05) is 30.3 Å². The first kappa shape index (κ1) is 7.16. The maximum Gasteiger partial charge on any atom is 0.224 e. The van der Waals surface area contributed by atoms with Gasteiger partial charge in [0.2, 0.25) is 6.23 Å². The van der Waals surface area contributed by atoms with Crippen LogP contribution >= 0.6 is 0 Å². The Morgan fingerprint density at radius 1 is 1.25 bits per heavy atom. The van der Waals surface area contributed by atoms with Gasteiger partial charge in [-0.1, -0.05) is 34.8 Å². The van der Waals surface area contributed by atoms with E-state index in [4.69, 9.17) is 4.74 Å². The largest absolute Gasteiger partial charge is 0.470 e. The summed E-state index contributed by atoms with van der Waals surface area (Å²) < 4.78 is 17.9. The van der Waals surface area contributed by atoms with Gasteiger partial charge in [0.25, 0.3) is 0 Å². The van der Waals surface area contributed by atoms with Crippen molar-refractivity contribution in [1.29, 1.82) is 0 Å². The Bertz CT molecular complexity index is 286. The van der Waals surface area contributed by atoms with Gasteiger partial charge in [-0.05, 0) is 0 Å². The van der Waals surface area contributed by atoms with Crippen LogP contribution < -0.4 is 0 Å². The highest BCUT2D eigenvalue weighted by Crippen LogP contribution is 2.26. The standard InChI is InChI=1S/C9H8FNO/c10-11-6-7-12-9(11)8-4-2-1-3-5-8/h1-7,9H. The molecule has 1 atom stereocenters. The molecule has 12 heavy (non-hydrogen) atoms. The first-order valence-electron chi connectivity index (χ1n) is 3.69. The Kier molecular flexibility index (Phi) is 1.70. The maximum atomic E-state index is 12.9. The zero-order valence-electron chi connectivity index (χ0n) is 6.35. The van der Waals surface area contributed by atoms with E-state index in [9.17, 15) is 4.48 Å². The van der Waals surface area contributed by atoms with Crippen LogP contribution in [-0.2, 0) is 4.74 Å². The Hall–Kier alpha value is -1.51. The fourth-order valence-electron chi connectivity index (χ4n) is 1.14. The predicted octanol–water partition coefficient (Wildman–Crippen LogP) is 2.37. The Balaban J connectivity index is 2.22. The van der Waals surface area contributed by atoms with Crippen LogP contribution in [-0.4, -0.2) is 5.12 Å². The average Bonchev–Trinajstić information content (AvgIpc) is 2.53. The zero-order valence-corrected chi connectivity index (χ0v) is 6.35. The predicted molar refractivity (Wildman–Crippen MR) is 42.4 cm³/mol. The zero-order chi connectivity index (χ0) is 8.39. The highest BCUT2D eigenvalue weighted by atomic mass is 19.2. The molecule has 2 nitrogen and oxygen atoms in total. The van der Waals surface area contributed by atoms with Gasteiger partial charge >= 0.3 is 0 Å². The van der Waals surface area contributed by atoms with E-state index in [0.717, 1.165) is 5.56 Å². The lowest BCUT2D eigenvalue weighted by Crippen LogP contribution is -2.10. The van der Waals surface area contributed by atoms with Crippen LogP contribution in [0.5, 0.6) is 0 Å². The van der Waals surface area contributed by atoms with Crippen LogP contribution in [0, 0.1) is 0 Å². The first-order chi connectivity index (χ1) is 5.88. The summed E-state index contributed by atoms with van der Waals surface area (Å²) in [7, 11) is 0. The topological polar surface area (TPSA) is 12.5 Å². The third kappa shape index (κ3) is 1.13. The summed E-state index contributed by atoms with van der Waals surface area (Å²) in [5, 5.41) is 0.537. The van der Waals surface area contributed by atoms with Crippen LogP contribution in [0.1, 0.15) is 11.8 Å². The molecule has 0 N–H and O–H groups in total. The van der Waals surface area contributed by atoms with Gasteiger partial charge in [0.15, 0.2) is 0 Å². The molecule has 0 saturated heterocycles. The quantitative estimate of drug-likeness (QED) is 0.592. The third-order valence-corrected chi connectivity index (χ3v) is 1.72. The summed E-state index contributed by atoms with van der Waals surface area (Å²) in [5.74, 6) is 0. The van der Waals surface area contributed by atoms with Crippen molar-refractivity contribution < 1.29 is 9.22 Å². The number of rotatable bonds is 1. The van der Waals surface area contributed by atoms with Crippen molar-refractivity contribution >= 4 is 0 Å². The molecular formula is C9H8FNO. The summed E-state index contributed by atoms with van der Waals surface area (Å²) >= 11 is 0. The van der Waals surface area contributed by atoms with E-state index in [1.54, 1.807) is 0 Å². The molecule has 0 radical (unpaired) electrons. The van der Waals surface area contributed by atoms with Crippen molar-refractivity contribution in [2.75, 3.05) is 0 Å². The highest BCUT2D eigenvalue weighted by Gasteiger charge is 2.21. The maximum absolute atomic E-state index is 12.9. The third-order valence-electron chi connectivity index (χ3n) is 1.72. The summed E-state index contributed by atoms with van der Waals surface area (Å²) in [6.07, 6.45) is 2.00. The summed E-state index contributed by atoms with van der Waals surface area (Å²) in [4.78, 5) is 0. The van der Waals surface area contributed by atoms with Crippen molar-refractivity contribution in [3.8, 4) is 0 Å². The second-order valence-corrected chi connectivity index (χ2v) is 2.53. The van der Waals surface area contributed by atoms with Gasteiger partial charge in [0.05, 0.1) is 6.20 Å². The minimum atomic E-state index is -0.605. The fourth-order valence-corrected chi connectivity index (χ4v) is 1.14. The van der Waals surface area contributed by atoms with Gasteiger partial charge in [-0.15, -0.1) is 0 Å². The summed E-state index contributed by atoms with van der Waals surface area (Å²) in [5.41, 5.74) is 0.810. The minimum Gasteiger partial charge on any atom is -0.470 e. The Morgan fingerprint density at radius 3 is 2.58 bits per heavy atom. The van der Waals surface area contributed by atoms with Gasteiger partial charge in [-0.2, -0.15) is 5.12 Å². The molecular weight excluding hydrogens is 157 g/mol. The second kappa shape index (κ2) is 2.85. The van der Waals surface area contributed by atoms with Crippen molar-refractivity contribution in [2.45, 2.75) is 6.23 Å². The molecule has 0 aromatic heterocycles. The van der Waals surface area contributed by atoms with Crippen LogP contribution in [0.15, 0.2) is 42.8 Å². The molecule has 1 heterocycles. The van der Waals surface area contributed by atoms with Crippen LogP contribution in [0.3, 0.4) is 0 Å². The van der Waals surface area contributed by atoms with Crippen LogP contribution in [0.25, 0.3) is 0 Å². The average molecular weight is 165 g/mol. The number of ether oxygens (including phenoxy) is 1. The molecule has 1 aliphatic heterocycles. The lowest BCUT2D eigenvalue weighted by molar-refractivity contribution is -0.0611. The van der Waals surface area contributed by atoms with Gasteiger partial charge < -0.3 is 4.74 Å². The molecule has 1 aromatic carbocycles. The van der Waals surface area contributed by atoms with Crippen molar-refractivity contribution in [3.63, 3.8) is 0 Å². The lowest BCUT2D eigenvalue weighted by atomic mass is 10.2. The number of hydrogen-bond donors (Lipinski definition) is 0. The van der Waals surface area contributed by atoms with E-state index >= 15 is 0 Å². The monoisotopic (exact) mass is 165 g/mol. The van der Waals surface area contributed by atoms with Crippen LogP contribution in [0.4, 0.5) is 4.48 Å². The number of halogens is 1. The van der Waals surface area contributed by atoms with E-state index in [0.29, 0.717) is 5.12 Å². The van der Waals surface area contributed by atoms with E-state index < -0.39 is 6.23 Å². The lowest BCUT2D eigenvalue weighted by Gasteiger charge is -2.14. The molecule has 0 fully saturated rings. The smallest absolute Gasteiger partial charge is 0.224 e. The Morgan fingerprint density at radius 2 is 2.00 bits per heavy atom. The van der Waals surface area contributed by atoms with Gasteiger partial charge in [-0.3, -0.25) is 0 Å². The van der Waals surface area contributed by atoms with E-state index in [2.05, 4.69) is 0 Å². The summed E-state index contributed by atoms with van der Waals surface area (Å²) in [6.45, 7) is 0. The summed E-state index contributed by atoms with van der Waals surface area (Å²) in [6, 6.07) is 9.23. The van der Waals surface area contributed by atoms with E-state index in [-0.39, 0.29) is 0 Å². The number of nitrogens with zero attached hydrogens (tertiary/aromatic N) is 1. The highest BCUT2D eigenvalue weighted by molar-refractivity contribution is 5.18. The second-order valence-electron chi connectivity index (χ2n) is 2.53. The van der Waals surface area contributed by atoms with Gasteiger partial charge in [-0.25, -0.2) is 0 Å². The SMILES string of the molecule is FN1C=COC1c1ccccc1. The fraction of sp³-hybridized carbons (Fsp3) is 0.111. The van der Waals surface area contributed by atoms with Crippen molar-refractivity contribution in [2.24, 2.45) is 0 Å². The van der Waals surface area contributed by atoms with Crippen molar-refractivity contribution in [1.82, 2.24) is 5.12 Å². The molecule has 0 amide bonds. The minimum absolute atomic E-state index is 0.537. The Labute approximate surface area is 69.8 Å². The number of hydrogen-bond acceptors (Lipinski definition) is 2. The molecule has 1 aliphatic rings. The molecule has 3 heteroatoms. The number of benzene rings is 1. The van der Waals surface area contributed by atoms with Crippen LogP contribution in [0.2, 0.25) is 0 Å². The molecule has 0 spiro atoms. The van der Waals surface area contributed by atoms with Crippen molar-refractivity contribution in [3.05, 3.63) is 48.4 Å².